The van der Waals surface area contributed by atoms with Crippen molar-refractivity contribution in [3.05, 3.63) is 35.1 Å². The lowest BCUT2D eigenvalue weighted by atomic mass is 9.71. The van der Waals surface area contributed by atoms with Gasteiger partial charge in [-0.05, 0) is 72.7 Å². The van der Waals surface area contributed by atoms with E-state index in [0.717, 1.165) is 10.9 Å². The summed E-state index contributed by atoms with van der Waals surface area (Å²) in [6, 6.07) is 4.91. The van der Waals surface area contributed by atoms with Gasteiger partial charge in [0.2, 0.25) is 0 Å². The molecule has 0 aromatic heterocycles. The molecule has 1 saturated heterocycles. The fraction of sp³-hybridized carbons (Fsp3) is 0.594. The van der Waals surface area contributed by atoms with E-state index < -0.39 is 43.7 Å². The van der Waals surface area contributed by atoms with Crippen LogP contribution in [0.3, 0.4) is 0 Å². The van der Waals surface area contributed by atoms with Crippen molar-refractivity contribution >= 4 is 37.5 Å². The Kier molecular flexibility index (Phi) is 8.70. The Balaban J connectivity index is 2.53. The van der Waals surface area contributed by atoms with Crippen LogP contribution in [0.4, 0.5) is 9.18 Å². The highest BCUT2D eigenvalue weighted by molar-refractivity contribution is 6.90. The molecule has 0 radical (unpaired) electrons. The van der Waals surface area contributed by atoms with E-state index in [9.17, 15) is 4.79 Å². The van der Waals surface area contributed by atoms with Crippen LogP contribution in [0, 0.1) is 17.3 Å². The van der Waals surface area contributed by atoms with Crippen LogP contribution in [0.1, 0.15) is 101 Å². The maximum absolute atomic E-state index is 15.9. The van der Waals surface area contributed by atoms with Gasteiger partial charge in [0, 0.05) is 10.9 Å². The Morgan fingerprint density at radius 2 is 1.50 bits per heavy atom. The van der Waals surface area contributed by atoms with Gasteiger partial charge in [-0.1, -0.05) is 74.3 Å². The highest BCUT2D eigenvalue weighted by Gasteiger charge is 2.52. The summed E-state index contributed by atoms with van der Waals surface area (Å²) in [5.41, 5.74) is 10.3. The molecule has 3 rings (SSSR count). The number of carbonyl (C=O) groups is 1. The van der Waals surface area contributed by atoms with Crippen molar-refractivity contribution in [3.63, 3.8) is 0 Å². The maximum atomic E-state index is 15.9. The largest absolute Gasteiger partial charge is 0.495 e. The van der Waals surface area contributed by atoms with E-state index in [1.54, 1.807) is 12.1 Å². The van der Waals surface area contributed by atoms with E-state index in [2.05, 4.69) is 53.0 Å². The molecule has 1 aliphatic heterocycles. The molecule has 2 aromatic carbocycles. The molecule has 2 N–H and O–H groups in total. The first kappa shape index (κ1) is 32.2. The SMILES string of the molecule is CC(C)[Si](C#Cc1c(F)ccc2c(C(C)(C)C)c(OC(N)=O)cc(B3OC(C)(C)C(C)(C)O3)c12)(C(C)C)C(C)C. The molecular formula is C32H47BFNO4Si. The van der Waals surface area contributed by atoms with Crippen LogP contribution in [-0.4, -0.2) is 32.5 Å². The van der Waals surface area contributed by atoms with E-state index in [1.165, 1.54) is 6.07 Å². The predicted octanol–water partition coefficient (Wildman–Crippen LogP) is 7.60. The minimum atomic E-state index is -2.17. The molecule has 0 atom stereocenters. The van der Waals surface area contributed by atoms with Gasteiger partial charge < -0.3 is 19.8 Å². The molecule has 0 unspecified atom stereocenters. The third kappa shape index (κ3) is 5.58. The van der Waals surface area contributed by atoms with Crippen molar-refractivity contribution in [1.82, 2.24) is 0 Å². The van der Waals surface area contributed by atoms with Gasteiger partial charge in [0.15, 0.2) is 0 Å². The number of hydrogen-bond donors (Lipinski definition) is 1. The summed E-state index contributed by atoms with van der Waals surface area (Å²) in [4.78, 5) is 12.0. The van der Waals surface area contributed by atoms with Crippen LogP contribution in [-0.2, 0) is 14.7 Å². The number of rotatable bonds is 5. The summed E-state index contributed by atoms with van der Waals surface area (Å²) in [7, 11) is -3.01. The second-order valence-corrected chi connectivity index (χ2v) is 19.7. The molecule has 0 spiro atoms. The zero-order valence-electron chi connectivity index (χ0n) is 26.6. The van der Waals surface area contributed by atoms with Crippen LogP contribution in [0.2, 0.25) is 16.6 Å². The molecule has 5 nitrogen and oxygen atoms in total. The number of halogens is 1. The van der Waals surface area contributed by atoms with Gasteiger partial charge in [0.05, 0.1) is 16.8 Å². The van der Waals surface area contributed by atoms with Gasteiger partial charge in [-0.25, -0.2) is 9.18 Å². The molecule has 1 aliphatic rings. The van der Waals surface area contributed by atoms with Crippen molar-refractivity contribution in [2.45, 2.75) is 123 Å². The molecule has 0 bridgehead atoms. The summed E-state index contributed by atoms with van der Waals surface area (Å²) in [6.45, 7) is 27.4. The van der Waals surface area contributed by atoms with Gasteiger partial charge in [0.25, 0.3) is 0 Å². The van der Waals surface area contributed by atoms with Crippen LogP contribution in [0.25, 0.3) is 10.8 Å². The lowest BCUT2D eigenvalue weighted by molar-refractivity contribution is 0.00578. The summed E-state index contributed by atoms with van der Waals surface area (Å²) in [5.74, 6) is 3.28. The van der Waals surface area contributed by atoms with Crippen LogP contribution < -0.4 is 15.9 Å². The zero-order chi connectivity index (χ0) is 30.6. The zero-order valence-corrected chi connectivity index (χ0v) is 27.6. The quantitative estimate of drug-likeness (QED) is 0.298. The summed E-state index contributed by atoms with van der Waals surface area (Å²) in [5, 5.41) is 1.35. The van der Waals surface area contributed by atoms with Gasteiger partial charge in [-0.2, -0.15) is 0 Å². The molecule has 8 heteroatoms. The summed E-state index contributed by atoms with van der Waals surface area (Å²) in [6.07, 6.45) is -0.923. The minimum Gasteiger partial charge on any atom is -0.410 e. The molecule has 0 saturated carbocycles. The third-order valence-electron chi connectivity index (χ3n) is 8.98. The minimum absolute atomic E-state index is 0.304. The number of nitrogens with two attached hydrogens (primary N) is 1. The Morgan fingerprint density at radius 3 is 1.93 bits per heavy atom. The first-order valence-corrected chi connectivity index (χ1v) is 16.6. The number of ether oxygens (including phenoxy) is 1. The predicted molar refractivity (Wildman–Crippen MR) is 166 cm³/mol. The third-order valence-corrected chi connectivity index (χ3v) is 15.3. The molecular weight excluding hydrogens is 520 g/mol. The first-order chi connectivity index (χ1) is 18.2. The molecule has 0 aliphatic carbocycles. The monoisotopic (exact) mass is 567 g/mol. The number of benzene rings is 2. The topological polar surface area (TPSA) is 70.8 Å². The summed E-state index contributed by atoms with van der Waals surface area (Å²) < 4.78 is 34.4. The van der Waals surface area contributed by atoms with Gasteiger partial charge in [-0.15, -0.1) is 5.54 Å². The molecule has 40 heavy (non-hydrogen) atoms. The van der Waals surface area contributed by atoms with E-state index in [-0.39, 0.29) is 0 Å². The lowest BCUT2D eigenvalue weighted by Crippen LogP contribution is -2.43. The summed E-state index contributed by atoms with van der Waals surface area (Å²) >= 11 is 0. The standard InChI is InChI=1S/C32H47BFNO4Si/c1-19(2)40(20(3)4,21(5)6)17-16-22-25(34)15-14-23-27(22)24(33-38-31(10,11)32(12,13)39-33)18-26(37-29(35)36)28(23)30(7,8)9/h14-15,18-21H,1-13H3,(H2,35,36). The Hall–Kier alpha value is -2.34. The Labute approximate surface area is 241 Å². The average Bonchev–Trinajstić information content (AvgIpc) is 2.99. The van der Waals surface area contributed by atoms with E-state index in [1.807, 2.05) is 48.5 Å². The van der Waals surface area contributed by atoms with Crippen molar-refractivity contribution < 1.29 is 23.2 Å². The van der Waals surface area contributed by atoms with Crippen molar-refractivity contribution in [1.29, 1.82) is 0 Å². The fourth-order valence-electron chi connectivity index (χ4n) is 6.35. The Morgan fingerprint density at radius 1 is 1.00 bits per heavy atom. The molecule has 218 valence electrons. The number of amides is 1. The first-order valence-electron chi connectivity index (χ1n) is 14.3. The van der Waals surface area contributed by atoms with Crippen LogP contribution >= 0.6 is 0 Å². The molecule has 1 heterocycles. The smallest absolute Gasteiger partial charge is 0.410 e. The van der Waals surface area contributed by atoms with Gasteiger partial charge >= 0.3 is 13.2 Å². The van der Waals surface area contributed by atoms with Gasteiger partial charge in [0.1, 0.15) is 19.6 Å². The molecule has 1 amide bonds. The normalized spacial score (nSPS) is 17.1. The number of primary amides is 1. The molecule has 2 aromatic rings. The highest BCUT2D eigenvalue weighted by Crippen LogP contribution is 2.43. The van der Waals surface area contributed by atoms with Crippen molar-refractivity contribution in [2.24, 2.45) is 5.73 Å². The van der Waals surface area contributed by atoms with Crippen LogP contribution in [0.5, 0.6) is 5.75 Å². The second-order valence-electron chi connectivity index (χ2n) is 14.1. The Bertz CT molecular complexity index is 1330. The number of carbonyl (C=O) groups excluding carboxylic acids is 1. The van der Waals surface area contributed by atoms with Gasteiger partial charge in [-0.3, -0.25) is 0 Å². The van der Waals surface area contributed by atoms with E-state index >= 15 is 4.39 Å². The number of fused-ring (bicyclic) bond motifs is 1. The van der Waals surface area contributed by atoms with Crippen molar-refractivity contribution in [3.8, 4) is 17.2 Å². The average molecular weight is 568 g/mol. The fourth-order valence-corrected chi connectivity index (χ4v) is 11.6. The lowest BCUT2D eigenvalue weighted by Gasteiger charge is -2.38. The second kappa shape index (κ2) is 10.8. The maximum Gasteiger partial charge on any atom is 0.495 e. The van der Waals surface area contributed by atoms with E-state index in [0.29, 0.717) is 38.8 Å². The van der Waals surface area contributed by atoms with Crippen LogP contribution in [0.15, 0.2) is 18.2 Å². The van der Waals surface area contributed by atoms with E-state index in [4.69, 9.17) is 19.8 Å². The highest BCUT2D eigenvalue weighted by atomic mass is 28.3. The molecule has 1 fully saturated rings. The number of hydrogen-bond acceptors (Lipinski definition) is 4. The van der Waals surface area contributed by atoms with Crippen molar-refractivity contribution in [2.75, 3.05) is 0 Å².